The molecule has 0 unspecified atom stereocenters. The van der Waals surface area contributed by atoms with Gasteiger partial charge >= 0.3 is 5.97 Å². The van der Waals surface area contributed by atoms with Crippen molar-refractivity contribution in [2.75, 3.05) is 0 Å². The minimum atomic E-state index is -0.525. The van der Waals surface area contributed by atoms with Crippen molar-refractivity contribution in [3.05, 3.63) is 17.5 Å². The molecule has 4 nitrogen and oxygen atoms in total. The summed E-state index contributed by atoms with van der Waals surface area (Å²) in [4.78, 5) is 11.2. The maximum atomic E-state index is 11.2. The van der Waals surface area contributed by atoms with Gasteiger partial charge in [-0.1, -0.05) is 5.92 Å². The van der Waals surface area contributed by atoms with Gasteiger partial charge in [0.15, 0.2) is 0 Å². The predicted molar refractivity (Wildman–Crippen MR) is 56.0 cm³/mol. The van der Waals surface area contributed by atoms with E-state index < -0.39 is 11.6 Å². The highest BCUT2D eigenvalue weighted by molar-refractivity contribution is 5.89. The Kier molecular flexibility index (Phi) is 3.15. The van der Waals surface area contributed by atoms with Crippen LogP contribution >= 0.6 is 0 Å². The zero-order chi connectivity index (χ0) is 11.5. The number of aromatic amines is 1. The molecule has 0 saturated heterocycles. The number of carbonyl (C=O) groups is 1. The molecule has 0 radical (unpaired) electrons. The summed E-state index contributed by atoms with van der Waals surface area (Å²) in [6.07, 6.45) is 1.58. The molecule has 0 bridgehead atoms. The normalized spacial score (nSPS) is 10.4. The van der Waals surface area contributed by atoms with Crippen molar-refractivity contribution in [3.63, 3.8) is 0 Å². The van der Waals surface area contributed by atoms with Gasteiger partial charge in [-0.15, -0.1) is 0 Å². The van der Waals surface area contributed by atoms with E-state index in [2.05, 4.69) is 22.0 Å². The van der Waals surface area contributed by atoms with E-state index in [-0.39, 0.29) is 0 Å². The van der Waals surface area contributed by atoms with E-state index in [1.165, 1.54) is 0 Å². The van der Waals surface area contributed by atoms with Crippen molar-refractivity contribution in [1.29, 1.82) is 0 Å². The van der Waals surface area contributed by atoms with Crippen LogP contribution in [-0.4, -0.2) is 21.8 Å². The van der Waals surface area contributed by atoms with E-state index in [4.69, 9.17) is 4.74 Å². The molecule has 15 heavy (non-hydrogen) atoms. The molecule has 0 fully saturated rings. The largest absolute Gasteiger partial charge is 0.450 e. The Bertz CT molecular complexity index is 416. The molecule has 0 amide bonds. The number of H-pyrrole nitrogens is 1. The summed E-state index contributed by atoms with van der Waals surface area (Å²) >= 11 is 0. The highest BCUT2D eigenvalue weighted by Gasteiger charge is 2.14. The molecule has 0 spiro atoms. The lowest BCUT2D eigenvalue weighted by atomic mass is 10.2. The Balaban J connectivity index is 2.67. The topological polar surface area (TPSA) is 55.0 Å². The molecule has 1 heterocycles. The van der Waals surface area contributed by atoms with E-state index in [1.54, 1.807) is 27.0 Å². The standard InChI is InChI=1S/C11H14N2O2/c1-8-9(7-12-13-8)5-6-10(14)15-11(2,3)4/h7H,1-4H3,(H,12,13). The van der Waals surface area contributed by atoms with Gasteiger partial charge < -0.3 is 4.74 Å². The van der Waals surface area contributed by atoms with Gasteiger partial charge in [-0.2, -0.15) is 5.10 Å². The number of ether oxygens (including phenoxy) is 1. The lowest BCUT2D eigenvalue weighted by molar-refractivity contribution is -0.147. The molecule has 0 aromatic carbocycles. The lowest BCUT2D eigenvalue weighted by Gasteiger charge is -2.16. The number of aromatic nitrogens is 2. The third-order valence-corrected chi connectivity index (χ3v) is 1.53. The van der Waals surface area contributed by atoms with Crippen LogP contribution in [-0.2, 0) is 9.53 Å². The Morgan fingerprint density at radius 1 is 1.53 bits per heavy atom. The zero-order valence-electron chi connectivity index (χ0n) is 9.34. The first-order valence-corrected chi connectivity index (χ1v) is 4.63. The molecule has 0 saturated carbocycles. The molecule has 0 aliphatic carbocycles. The van der Waals surface area contributed by atoms with Crippen LogP contribution in [0.15, 0.2) is 6.20 Å². The first-order valence-electron chi connectivity index (χ1n) is 4.63. The van der Waals surface area contributed by atoms with E-state index in [1.807, 2.05) is 6.92 Å². The summed E-state index contributed by atoms with van der Waals surface area (Å²) in [6, 6.07) is 0. The van der Waals surface area contributed by atoms with Gasteiger partial charge in [-0.05, 0) is 27.7 Å². The van der Waals surface area contributed by atoms with Crippen LogP contribution in [0.5, 0.6) is 0 Å². The molecule has 1 N–H and O–H groups in total. The van der Waals surface area contributed by atoms with Crippen molar-refractivity contribution >= 4 is 5.97 Å². The summed E-state index contributed by atoms with van der Waals surface area (Å²) in [6.45, 7) is 7.24. The SMILES string of the molecule is Cc1[nH]ncc1C#CC(=O)OC(C)(C)C. The van der Waals surface area contributed by atoms with Crippen molar-refractivity contribution < 1.29 is 9.53 Å². The van der Waals surface area contributed by atoms with Gasteiger partial charge in [0.05, 0.1) is 11.8 Å². The van der Waals surface area contributed by atoms with Gasteiger partial charge in [0.2, 0.25) is 0 Å². The first-order chi connectivity index (χ1) is 6.88. The molecule has 4 heteroatoms. The van der Waals surface area contributed by atoms with E-state index in [9.17, 15) is 4.79 Å². The van der Waals surface area contributed by atoms with Gasteiger partial charge in [-0.3, -0.25) is 5.10 Å². The van der Waals surface area contributed by atoms with Crippen LogP contribution in [0.4, 0.5) is 0 Å². The number of nitrogens with one attached hydrogen (secondary N) is 1. The Hall–Kier alpha value is -1.76. The van der Waals surface area contributed by atoms with Crippen molar-refractivity contribution in [3.8, 4) is 11.8 Å². The minimum absolute atomic E-state index is 0.503. The summed E-state index contributed by atoms with van der Waals surface area (Å²) in [5.41, 5.74) is 1.05. The maximum absolute atomic E-state index is 11.2. The van der Waals surface area contributed by atoms with Gasteiger partial charge in [0.25, 0.3) is 0 Å². The highest BCUT2D eigenvalue weighted by atomic mass is 16.6. The van der Waals surface area contributed by atoms with Crippen LogP contribution in [0.1, 0.15) is 32.0 Å². The van der Waals surface area contributed by atoms with Gasteiger partial charge in [0.1, 0.15) is 5.60 Å². The molecule has 0 aliphatic rings. The van der Waals surface area contributed by atoms with Crippen molar-refractivity contribution in [2.45, 2.75) is 33.3 Å². The van der Waals surface area contributed by atoms with Crippen molar-refractivity contribution in [1.82, 2.24) is 10.2 Å². The van der Waals surface area contributed by atoms with Crippen LogP contribution in [0.3, 0.4) is 0 Å². The molecule has 80 valence electrons. The quantitative estimate of drug-likeness (QED) is 0.516. The van der Waals surface area contributed by atoms with Crippen LogP contribution < -0.4 is 0 Å². The predicted octanol–water partition coefficient (Wildman–Crippen LogP) is 1.41. The molecule has 0 aliphatic heterocycles. The Labute approximate surface area is 89.0 Å². The summed E-state index contributed by atoms with van der Waals surface area (Å²) in [5.74, 6) is 4.58. The number of carbonyl (C=O) groups excluding carboxylic acids is 1. The van der Waals surface area contributed by atoms with E-state index in [0.717, 1.165) is 5.69 Å². The number of nitrogens with zero attached hydrogens (tertiary/aromatic N) is 1. The number of rotatable bonds is 0. The van der Waals surface area contributed by atoms with Crippen LogP contribution in [0.25, 0.3) is 0 Å². The first kappa shape index (κ1) is 11.3. The summed E-state index contributed by atoms with van der Waals surface area (Å²) < 4.78 is 5.03. The number of hydrogen-bond acceptors (Lipinski definition) is 3. The fraction of sp³-hybridized carbons (Fsp3) is 0.455. The minimum Gasteiger partial charge on any atom is -0.450 e. The smallest absolute Gasteiger partial charge is 0.385 e. The number of hydrogen-bond donors (Lipinski definition) is 1. The van der Waals surface area contributed by atoms with E-state index in [0.29, 0.717) is 5.56 Å². The fourth-order valence-electron chi connectivity index (χ4n) is 0.899. The van der Waals surface area contributed by atoms with Gasteiger partial charge in [0, 0.05) is 11.6 Å². The maximum Gasteiger partial charge on any atom is 0.385 e. The van der Waals surface area contributed by atoms with Crippen LogP contribution in [0.2, 0.25) is 0 Å². The zero-order valence-corrected chi connectivity index (χ0v) is 9.34. The summed E-state index contributed by atoms with van der Waals surface area (Å²) in [7, 11) is 0. The fourth-order valence-corrected chi connectivity index (χ4v) is 0.899. The van der Waals surface area contributed by atoms with E-state index >= 15 is 0 Å². The molecule has 1 rings (SSSR count). The second kappa shape index (κ2) is 4.18. The second-order valence-corrected chi connectivity index (χ2v) is 4.16. The average molecular weight is 206 g/mol. The number of aryl methyl sites for hydroxylation is 1. The number of esters is 1. The third-order valence-electron chi connectivity index (χ3n) is 1.53. The molecular weight excluding hydrogens is 192 g/mol. The second-order valence-electron chi connectivity index (χ2n) is 4.16. The molecular formula is C11H14N2O2. The Morgan fingerprint density at radius 2 is 2.20 bits per heavy atom. The summed E-state index contributed by atoms with van der Waals surface area (Å²) in [5, 5.41) is 6.53. The third kappa shape index (κ3) is 3.86. The van der Waals surface area contributed by atoms with Crippen LogP contribution in [0, 0.1) is 18.8 Å². The highest BCUT2D eigenvalue weighted by Crippen LogP contribution is 2.06. The monoisotopic (exact) mass is 206 g/mol. The molecule has 0 atom stereocenters. The average Bonchev–Trinajstić information content (AvgIpc) is 2.44. The van der Waals surface area contributed by atoms with Crippen molar-refractivity contribution in [2.24, 2.45) is 0 Å². The lowest BCUT2D eigenvalue weighted by Crippen LogP contribution is -2.22. The van der Waals surface area contributed by atoms with Gasteiger partial charge in [-0.25, -0.2) is 4.79 Å². The Morgan fingerprint density at radius 3 is 2.67 bits per heavy atom. The molecule has 1 aromatic heterocycles. The molecule has 1 aromatic rings.